The van der Waals surface area contributed by atoms with Gasteiger partial charge in [0, 0.05) is 24.7 Å². The van der Waals surface area contributed by atoms with Crippen molar-refractivity contribution in [2.45, 2.75) is 57.3 Å². The number of benzene rings is 1. The number of nitrogens with one attached hydrogen (secondary N) is 2. The van der Waals surface area contributed by atoms with E-state index in [1.54, 1.807) is 0 Å². The first-order chi connectivity index (χ1) is 10.7. The highest BCUT2D eigenvalue weighted by molar-refractivity contribution is 5.67. The molecule has 1 aliphatic carbocycles. The lowest BCUT2D eigenvalue weighted by Gasteiger charge is -2.38. The van der Waals surface area contributed by atoms with Crippen LogP contribution in [-0.4, -0.2) is 35.9 Å². The molecule has 0 spiro atoms. The zero-order valence-corrected chi connectivity index (χ0v) is 13.1. The Bertz CT molecular complexity index is 446. The van der Waals surface area contributed by atoms with Crippen LogP contribution in [0.3, 0.4) is 0 Å². The van der Waals surface area contributed by atoms with Gasteiger partial charge in [-0.1, -0.05) is 37.3 Å². The molecule has 0 aromatic heterocycles. The van der Waals surface area contributed by atoms with Gasteiger partial charge >= 0.3 is 6.09 Å². The largest absolute Gasteiger partial charge is 0.445 e. The topological polar surface area (TPSA) is 70.6 Å². The van der Waals surface area contributed by atoms with Gasteiger partial charge in [0.15, 0.2) is 0 Å². The molecule has 3 N–H and O–H groups in total. The Labute approximate surface area is 132 Å². The van der Waals surface area contributed by atoms with E-state index < -0.39 is 0 Å². The fraction of sp³-hybridized carbons (Fsp3) is 0.588. The number of rotatable bonds is 8. The van der Waals surface area contributed by atoms with Crippen molar-refractivity contribution in [2.24, 2.45) is 0 Å². The second-order valence-corrected chi connectivity index (χ2v) is 5.86. The highest BCUT2D eigenvalue weighted by Crippen LogP contribution is 2.21. The van der Waals surface area contributed by atoms with Crippen molar-refractivity contribution in [3.63, 3.8) is 0 Å². The number of amides is 1. The second-order valence-electron chi connectivity index (χ2n) is 5.86. The minimum atomic E-state index is -0.352. The summed E-state index contributed by atoms with van der Waals surface area (Å²) in [7, 11) is 0. The Morgan fingerprint density at radius 3 is 2.68 bits per heavy atom. The van der Waals surface area contributed by atoms with Gasteiger partial charge in [0.2, 0.25) is 0 Å². The first-order valence-corrected chi connectivity index (χ1v) is 8.05. The standard InChI is InChI=1S/C17H26N2O3/c1-2-14(8-9-20)18-15-10-16(11-15)19-17(21)22-12-13-6-4-3-5-7-13/h3-7,14-16,18,20H,2,8-12H2,1H3,(H,19,21). The molecule has 0 radical (unpaired) electrons. The molecule has 0 heterocycles. The predicted molar refractivity (Wildman–Crippen MR) is 85.5 cm³/mol. The van der Waals surface area contributed by atoms with Gasteiger partial charge in [-0.25, -0.2) is 4.79 Å². The maximum absolute atomic E-state index is 11.7. The number of aliphatic hydroxyl groups excluding tert-OH is 1. The lowest BCUT2D eigenvalue weighted by atomic mass is 9.86. The van der Waals surface area contributed by atoms with Gasteiger partial charge in [-0.3, -0.25) is 0 Å². The molecule has 1 unspecified atom stereocenters. The summed E-state index contributed by atoms with van der Waals surface area (Å²) in [6.07, 6.45) is 3.28. The summed E-state index contributed by atoms with van der Waals surface area (Å²) in [5.41, 5.74) is 0.987. The van der Waals surface area contributed by atoms with E-state index >= 15 is 0 Å². The van der Waals surface area contributed by atoms with Crippen LogP contribution >= 0.6 is 0 Å². The van der Waals surface area contributed by atoms with E-state index in [1.165, 1.54) is 0 Å². The third kappa shape index (κ3) is 5.31. The monoisotopic (exact) mass is 306 g/mol. The van der Waals surface area contributed by atoms with E-state index in [2.05, 4.69) is 17.6 Å². The molecular formula is C17H26N2O3. The van der Waals surface area contributed by atoms with Crippen molar-refractivity contribution in [3.8, 4) is 0 Å². The molecular weight excluding hydrogens is 280 g/mol. The van der Waals surface area contributed by atoms with Crippen LogP contribution in [0.2, 0.25) is 0 Å². The van der Waals surface area contributed by atoms with Crippen LogP contribution < -0.4 is 10.6 Å². The molecule has 22 heavy (non-hydrogen) atoms. The summed E-state index contributed by atoms with van der Waals surface area (Å²) in [6, 6.07) is 10.6. The summed E-state index contributed by atoms with van der Waals surface area (Å²) < 4.78 is 5.21. The Morgan fingerprint density at radius 2 is 2.05 bits per heavy atom. The number of hydrogen-bond donors (Lipinski definition) is 3. The lowest BCUT2D eigenvalue weighted by Crippen LogP contribution is -2.54. The Hall–Kier alpha value is -1.59. The van der Waals surface area contributed by atoms with Gasteiger partial charge in [-0.05, 0) is 31.2 Å². The van der Waals surface area contributed by atoms with Crippen molar-refractivity contribution in [1.29, 1.82) is 0 Å². The third-order valence-corrected chi connectivity index (χ3v) is 4.11. The number of ether oxygens (including phenoxy) is 1. The van der Waals surface area contributed by atoms with Crippen LogP contribution in [0.4, 0.5) is 4.79 Å². The zero-order valence-electron chi connectivity index (χ0n) is 13.1. The maximum Gasteiger partial charge on any atom is 0.407 e. The number of hydrogen-bond acceptors (Lipinski definition) is 4. The normalized spacial score (nSPS) is 21.7. The maximum atomic E-state index is 11.7. The van der Waals surface area contributed by atoms with E-state index in [-0.39, 0.29) is 18.7 Å². The van der Waals surface area contributed by atoms with Crippen LogP contribution in [0.25, 0.3) is 0 Å². The van der Waals surface area contributed by atoms with E-state index in [4.69, 9.17) is 9.84 Å². The van der Waals surface area contributed by atoms with Gasteiger partial charge in [0.25, 0.3) is 0 Å². The molecule has 5 nitrogen and oxygen atoms in total. The molecule has 1 amide bonds. The molecule has 1 fully saturated rings. The number of aliphatic hydroxyl groups is 1. The number of carbonyl (C=O) groups is 1. The van der Waals surface area contributed by atoms with Crippen LogP contribution in [0.1, 0.15) is 38.2 Å². The van der Waals surface area contributed by atoms with Gasteiger partial charge in [-0.15, -0.1) is 0 Å². The van der Waals surface area contributed by atoms with Crippen LogP contribution in [-0.2, 0) is 11.3 Å². The van der Waals surface area contributed by atoms with E-state index in [0.717, 1.165) is 31.2 Å². The highest BCUT2D eigenvalue weighted by Gasteiger charge is 2.31. The van der Waals surface area contributed by atoms with Crippen molar-refractivity contribution in [1.82, 2.24) is 10.6 Å². The van der Waals surface area contributed by atoms with Crippen molar-refractivity contribution >= 4 is 6.09 Å². The van der Waals surface area contributed by atoms with Crippen molar-refractivity contribution in [2.75, 3.05) is 6.61 Å². The zero-order chi connectivity index (χ0) is 15.8. The van der Waals surface area contributed by atoms with Gasteiger partial charge in [0.05, 0.1) is 0 Å². The van der Waals surface area contributed by atoms with Crippen LogP contribution in [0.15, 0.2) is 30.3 Å². The van der Waals surface area contributed by atoms with Crippen LogP contribution in [0, 0.1) is 0 Å². The summed E-state index contributed by atoms with van der Waals surface area (Å²) in [5.74, 6) is 0. The summed E-state index contributed by atoms with van der Waals surface area (Å²) in [4.78, 5) is 11.7. The van der Waals surface area contributed by atoms with E-state index in [1.807, 2.05) is 30.3 Å². The molecule has 0 aliphatic heterocycles. The lowest BCUT2D eigenvalue weighted by molar-refractivity contribution is 0.123. The average Bonchev–Trinajstić information content (AvgIpc) is 2.51. The fourth-order valence-electron chi connectivity index (χ4n) is 2.70. The van der Waals surface area contributed by atoms with Crippen LogP contribution in [0.5, 0.6) is 0 Å². The summed E-state index contributed by atoms with van der Waals surface area (Å²) in [5, 5.41) is 15.4. The molecule has 122 valence electrons. The average molecular weight is 306 g/mol. The molecule has 1 atom stereocenters. The first kappa shape index (κ1) is 16.8. The minimum absolute atomic E-state index is 0.187. The third-order valence-electron chi connectivity index (χ3n) is 4.11. The molecule has 1 aliphatic rings. The Balaban J connectivity index is 1.60. The van der Waals surface area contributed by atoms with Gasteiger partial charge < -0.3 is 20.5 Å². The molecule has 0 saturated heterocycles. The molecule has 1 saturated carbocycles. The summed E-state index contributed by atoms with van der Waals surface area (Å²) in [6.45, 7) is 2.63. The van der Waals surface area contributed by atoms with Gasteiger partial charge in [-0.2, -0.15) is 0 Å². The molecule has 1 aromatic rings. The number of carbonyl (C=O) groups excluding carboxylic acids is 1. The highest BCUT2D eigenvalue weighted by atomic mass is 16.5. The molecule has 0 bridgehead atoms. The van der Waals surface area contributed by atoms with Crippen molar-refractivity contribution < 1.29 is 14.6 Å². The fourth-order valence-corrected chi connectivity index (χ4v) is 2.70. The van der Waals surface area contributed by atoms with E-state index in [9.17, 15) is 4.79 Å². The van der Waals surface area contributed by atoms with Crippen molar-refractivity contribution in [3.05, 3.63) is 35.9 Å². The van der Waals surface area contributed by atoms with Gasteiger partial charge in [0.1, 0.15) is 6.61 Å². The SMILES string of the molecule is CCC(CCO)NC1CC(NC(=O)OCc2ccccc2)C1. The smallest absolute Gasteiger partial charge is 0.407 e. The molecule has 2 rings (SSSR count). The second kappa shape index (κ2) is 8.76. The number of alkyl carbamates (subject to hydrolysis) is 1. The predicted octanol–water partition coefficient (Wildman–Crippen LogP) is 2.19. The molecule has 5 heteroatoms. The van der Waals surface area contributed by atoms with E-state index in [0.29, 0.717) is 18.7 Å². The first-order valence-electron chi connectivity index (χ1n) is 8.05. The minimum Gasteiger partial charge on any atom is -0.445 e. The molecule has 1 aromatic carbocycles. The summed E-state index contributed by atoms with van der Waals surface area (Å²) >= 11 is 0. The quantitative estimate of drug-likeness (QED) is 0.688. The Morgan fingerprint density at radius 1 is 1.32 bits per heavy atom. The Kier molecular flexibility index (Phi) is 6.68.